The summed E-state index contributed by atoms with van der Waals surface area (Å²) in [5.74, 6) is 0.157. The quantitative estimate of drug-likeness (QED) is 0.567. The number of phenols is 1. The highest BCUT2D eigenvalue weighted by atomic mass is 35.5. The predicted octanol–water partition coefficient (Wildman–Crippen LogP) is 4.35. The summed E-state index contributed by atoms with van der Waals surface area (Å²) in [7, 11) is 0. The van der Waals surface area contributed by atoms with E-state index in [2.05, 4.69) is 12.1 Å². The molecule has 0 spiro atoms. The molecular formula is C14H9ClO. The second-order valence-electron chi connectivity index (χ2n) is 3.82. The number of benzene rings is 3. The second-order valence-corrected chi connectivity index (χ2v) is 4.22. The van der Waals surface area contributed by atoms with E-state index in [1.807, 2.05) is 30.3 Å². The van der Waals surface area contributed by atoms with Crippen molar-refractivity contribution in [3.05, 3.63) is 53.6 Å². The molecule has 0 atom stereocenters. The van der Waals surface area contributed by atoms with E-state index in [4.69, 9.17) is 11.6 Å². The van der Waals surface area contributed by atoms with Gasteiger partial charge in [0.25, 0.3) is 0 Å². The first-order chi connectivity index (χ1) is 7.75. The Bertz CT molecular complexity index is 689. The second kappa shape index (κ2) is 3.39. The van der Waals surface area contributed by atoms with Gasteiger partial charge >= 0.3 is 0 Å². The zero-order chi connectivity index (χ0) is 11.1. The van der Waals surface area contributed by atoms with Crippen LogP contribution in [0.1, 0.15) is 0 Å². The molecule has 0 aliphatic carbocycles. The van der Waals surface area contributed by atoms with E-state index in [0.717, 1.165) is 21.5 Å². The summed E-state index contributed by atoms with van der Waals surface area (Å²) in [5, 5.41) is 14.3. The summed E-state index contributed by atoms with van der Waals surface area (Å²) in [4.78, 5) is 0. The molecule has 0 heterocycles. The SMILES string of the molecule is Oc1c(Cl)ccc2cc3ccccc3cc12. The van der Waals surface area contributed by atoms with Gasteiger partial charge in [0.2, 0.25) is 0 Å². The molecule has 1 nitrogen and oxygen atoms in total. The maximum absolute atomic E-state index is 9.89. The Kier molecular flexibility index (Phi) is 2.01. The summed E-state index contributed by atoms with van der Waals surface area (Å²) in [5.41, 5.74) is 0. The molecule has 0 aliphatic heterocycles. The minimum Gasteiger partial charge on any atom is -0.506 e. The highest BCUT2D eigenvalue weighted by Gasteiger charge is 2.05. The number of fused-ring (bicyclic) bond motifs is 2. The van der Waals surface area contributed by atoms with Crippen molar-refractivity contribution in [2.45, 2.75) is 0 Å². The van der Waals surface area contributed by atoms with Crippen molar-refractivity contribution in [3.8, 4) is 5.75 Å². The third-order valence-electron chi connectivity index (χ3n) is 2.81. The molecular weight excluding hydrogens is 220 g/mol. The van der Waals surface area contributed by atoms with Crippen molar-refractivity contribution in [2.75, 3.05) is 0 Å². The Morgan fingerprint density at radius 3 is 2.25 bits per heavy atom. The molecule has 0 unspecified atom stereocenters. The molecule has 0 aromatic heterocycles. The van der Waals surface area contributed by atoms with Crippen LogP contribution in [0.2, 0.25) is 5.02 Å². The third kappa shape index (κ3) is 1.33. The average molecular weight is 229 g/mol. The molecule has 0 aliphatic rings. The standard InChI is InChI=1S/C14H9ClO/c15-13-6-5-11-7-9-3-1-2-4-10(9)8-12(11)14(13)16/h1-8,16H. The summed E-state index contributed by atoms with van der Waals surface area (Å²) >= 11 is 5.89. The Hall–Kier alpha value is -1.73. The zero-order valence-corrected chi connectivity index (χ0v) is 9.20. The van der Waals surface area contributed by atoms with E-state index in [-0.39, 0.29) is 5.75 Å². The van der Waals surface area contributed by atoms with E-state index in [1.54, 1.807) is 6.07 Å². The number of hydrogen-bond donors (Lipinski definition) is 1. The molecule has 0 radical (unpaired) electrons. The van der Waals surface area contributed by atoms with Gasteiger partial charge in [-0.3, -0.25) is 0 Å². The first-order valence-electron chi connectivity index (χ1n) is 5.06. The Labute approximate surface area is 97.9 Å². The molecule has 16 heavy (non-hydrogen) atoms. The molecule has 0 saturated heterocycles. The first kappa shape index (κ1) is 9.49. The van der Waals surface area contributed by atoms with E-state index in [0.29, 0.717) is 5.02 Å². The topological polar surface area (TPSA) is 20.2 Å². The van der Waals surface area contributed by atoms with Crippen LogP contribution < -0.4 is 0 Å². The number of hydrogen-bond acceptors (Lipinski definition) is 1. The van der Waals surface area contributed by atoms with E-state index < -0.39 is 0 Å². The summed E-state index contributed by atoms with van der Waals surface area (Å²) in [6.45, 7) is 0. The lowest BCUT2D eigenvalue weighted by Gasteiger charge is -2.05. The van der Waals surface area contributed by atoms with Gasteiger partial charge in [-0.1, -0.05) is 41.9 Å². The summed E-state index contributed by atoms with van der Waals surface area (Å²) in [6, 6.07) is 15.7. The number of halogens is 1. The Balaban J connectivity index is 2.51. The van der Waals surface area contributed by atoms with Crippen molar-refractivity contribution < 1.29 is 5.11 Å². The monoisotopic (exact) mass is 228 g/mol. The largest absolute Gasteiger partial charge is 0.506 e. The van der Waals surface area contributed by atoms with Gasteiger partial charge in [0.05, 0.1) is 5.02 Å². The van der Waals surface area contributed by atoms with E-state index in [1.165, 1.54) is 0 Å². The lowest BCUT2D eigenvalue weighted by Crippen LogP contribution is -1.78. The molecule has 0 saturated carbocycles. The summed E-state index contributed by atoms with van der Waals surface area (Å²) < 4.78 is 0. The fourth-order valence-electron chi connectivity index (χ4n) is 1.97. The van der Waals surface area contributed by atoms with Crippen LogP contribution in [0.4, 0.5) is 0 Å². The molecule has 78 valence electrons. The minimum absolute atomic E-state index is 0.157. The maximum atomic E-state index is 9.89. The van der Waals surface area contributed by atoms with Gasteiger partial charge in [0.1, 0.15) is 5.75 Å². The molecule has 0 amide bonds. The fraction of sp³-hybridized carbons (Fsp3) is 0. The molecule has 2 heteroatoms. The van der Waals surface area contributed by atoms with Crippen molar-refractivity contribution in [3.63, 3.8) is 0 Å². The molecule has 0 fully saturated rings. The van der Waals surface area contributed by atoms with Crippen molar-refractivity contribution in [1.29, 1.82) is 0 Å². The predicted molar refractivity (Wildman–Crippen MR) is 68.1 cm³/mol. The van der Waals surface area contributed by atoms with Gasteiger partial charge < -0.3 is 5.11 Å². The van der Waals surface area contributed by atoms with Crippen molar-refractivity contribution in [2.24, 2.45) is 0 Å². The first-order valence-corrected chi connectivity index (χ1v) is 5.43. The highest BCUT2D eigenvalue weighted by Crippen LogP contribution is 2.34. The number of aromatic hydroxyl groups is 1. The lowest BCUT2D eigenvalue weighted by molar-refractivity contribution is 0.482. The Morgan fingerprint density at radius 1 is 0.812 bits per heavy atom. The van der Waals surface area contributed by atoms with Crippen LogP contribution in [0, 0.1) is 0 Å². The molecule has 3 aromatic carbocycles. The van der Waals surface area contributed by atoms with Crippen LogP contribution >= 0.6 is 11.6 Å². The van der Waals surface area contributed by atoms with Gasteiger partial charge in [0.15, 0.2) is 0 Å². The van der Waals surface area contributed by atoms with Crippen LogP contribution in [-0.4, -0.2) is 5.11 Å². The number of rotatable bonds is 0. The van der Waals surface area contributed by atoms with Gasteiger partial charge in [-0.15, -0.1) is 0 Å². The van der Waals surface area contributed by atoms with Gasteiger partial charge in [-0.25, -0.2) is 0 Å². The molecule has 3 aromatic rings. The van der Waals surface area contributed by atoms with Crippen LogP contribution in [0.15, 0.2) is 48.5 Å². The van der Waals surface area contributed by atoms with E-state index in [9.17, 15) is 5.11 Å². The average Bonchev–Trinajstić information content (AvgIpc) is 2.32. The third-order valence-corrected chi connectivity index (χ3v) is 3.11. The maximum Gasteiger partial charge on any atom is 0.142 e. The smallest absolute Gasteiger partial charge is 0.142 e. The van der Waals surface area contributed by atoms with Crippen molar-refractivity contribution >= 4 is 33.1 Å². The van der Waals surface area contributed by atoms with Crippen LogP contribution in [0.5, 0.6) is 5.75 Å². The number of phenolic OH excluding ortho intramolecular Hbond substituents is 1. The highest BCUT2D eigenvalue weighted by molar-refractivity contribution is 6.33. The van der Waals surface area contributed by atoms with Crippen LogP contribution in [0.3, 0.4) is 0 Å². The van der Waals surface area contributed by atoms with Gasteiger partial charge in [-0.05, 0) is 34.4 Å². The lowest BCUT2D eigenvalue weighted by atomic mass is 10.0. The zero-order valence-electron chi connectivity index (χ0n) is 8.44. The fourth-order valence-corrected chi connectivity index (χ4v) is 2.14. The molecule has 0 bridgehead atoms. The summed E-state index contributed by atoms with van der Waals surface area (Å²) in [6.07, 6.45) is 0. The van der Waals surface area contributed by atoms with Gasteiger partial charge in [-0.2, -0.15) is 0 Å². The van der Waals surface area contributed by atoms with Crippen LogP contribution in [-0.2, 0) is 0 Å². The molecule has 3 rings (SSSR count). The van der Waals surface area contributed by atoms with Crippen LogP contribution in [0.25, 0.3) is 21.5 Å². The van der Waals surface area contributed by atoms with Gasteiger partial charge in [0, 0.05) is 5.39 Å². The van der Waals surface area contributed by atoms with Crippen molar-refractivity contribution in [1.82, 2.24) is 0 Å². The molecule has 1 N–H and O–H groups in total. The minimum atomic E-state index is 0.157. The Morgan fingerprint density at radius 2 is 1.50 bits per heavy atom. The normalized spacial score (nSPS) is 11.1. The van der Waals surface area contributed by atoms with E-state index >= 15 is 0 Å².